The second-order valence-corrected chi connectivity index (χ2v) is 18.2. The molecule has 12 rings (SSSR count). The second kappa shape index (κ2) is 18.7. The van der Waals surface area contributed by atoms with Crippen molar-refractivity contribution in [3.63, 3.8) is 0 Å². The highest BCUT2D eigenvalue weighted by Crippen LogP contribution is 2.41. The molecule has 0 saturated carbocycles. The maximum atomic E-state index is 5.06. The minimum Gasteiger partial charge on any atom is -0.256 e. The van der Waals surface area contributed by atoms with Crippen LogP contribution >= 0.6 is 0 Å². The zero-order chi connectivity index (χ0) is 46.8. The van der Waals surface area contributed by atoms with E-state index in [0.29, 0.717) is 0 Å². The molecule has 0 unspecified atom stereocenters. The van der Waals surface area contributed by atoms with Crippen molar-refractivity contribution in [2.75, 3.05) is 0 Å². The fourth-order valence-corrected chi connectivity index (χ4v) is 10.2. The molecule has 0 saturated heterocycles. The molecule has 0 fully saturated rings. The summed E-state index contributed by atoms with van der Waals surface area (Å²) in [5, 5.41) is 7.13. The van der Waals surface area contributed by atoms with E-state index in [-0.39, 0.29) is 0 Å². The molecule has 0 N–H and O–H groups in total. The average Bonchev–Trinajstić information content (AvgIpc) is 3.93. The zero-order valence-electron chi connectivity index (χ0n) is 39.0. The quantitative estimate of drug-likeness (QED) is 0.115. The van der Waals surface area contributed by atoms with Crippen molar-refractivity contribution in [1.82, 2.24) is 24.6 Å². The largest absolute Gasteiger partial charge is 0.256 e. The minimum absolute atomic E-state index is 0.927. The third kappa shape index (κ3) is 8.43. The van der Waals surface area contributed by atoms with Gasteiger partial charge in [0.05, 0.1) is 34.1 Å². The SMILES string of the molecule is Cc1cccc(-c2cc(CCc3ccc(-c4ccccn4)cc3)cc(CCc3ccc(-c4ccccn4)cc3)c2)c1-c1ccc2c3nccc(-c4ccc(-c5ccccc5)cc4)c3c3ccnn3c2c1. The molecule has 334 valence electrons. The molecule has 0 atom stereocenters. The van der Waals surface area contributed by atoms with Crippen LogP contribution in [0, 0.1) is 6.92 Å². The number of hydrogen-bond acceptors (Lipinski definition) is 4. The molecule has 0 aliphatic rings. The fraction of sp³-hybridized carbons (Fsp3) is 0.0769. The number of rotatable bonds is 12. The summed E-state index contributed by atoms with van der Waals surface area (Å²) in [7, 11) is 0. The number of nitrogens with zero attached hydrogens (tertiary/aromatic N) is 5. The van der Waals surface area contributed by atoms with E-state index in [2.05, 4.69) is 203 Å². The summed E-state index contributed by atoms with van der Waals surface area (Å²) in [6.07, 6.45) is 11.3. The van der Waals surface area contributed by atoms with E-state index < -0.39 is 0 Å². The molecule has 0 aliphatic heterocycles. The van der Waals surface area contributed by atoms with Crippen LogP contribution in [0.15, 0.2) is 231 Å². The number of pyridine rings is 4. The van der Waals surface area contributed by atoms with Crippen LogP contribution in [0.4, 0.5) is 0 Å². The van der Waals surface area contributed by atoms with Gasteiger partial charge in [-0.1, -0.05) is 158 Å². The predicted molar refractivity (Wildman–Crippen MR) is 289 cm³/mol. The van der Waals surface area contributed by atoms with Crippen LogP contribution in [0.3, 0.4) is 0 Å². The molecule has 0 aliphatic carbocycles. The molecule has 0 radical (unpaired) electrons. The third-order valence-corrected chi connectivity index (χ3v) is 13.8. The first-order valence-corrected chi connectivity index (χ1v) is 24.2. The summed E-state index contributed by atoms with van der Waals surface area (Å²) in [5.74, 6) is 0. The van der Waals surface area contributed by atoms with Crippen LogP contribution in [0.1, 0.15) is 27.8 Å². The van der Waals surface area contributed by atoms with Crippen LogP contribution in [0.2, 0.25) is 0 Å². The summed E-state index contributed by atoms with van der Waals surface area (Å²) in [6, 6.07) is 74.4. The number of aryl methyl sites for hydroxylation is 5. The Hall–Kier alpha value is -8.80. The van der Waals surface area contributed by atoms with Gasteiger partial charge in [-0.05, 0) is 153 Å². The first-order valence-electron chi connectivity index (χ1n) is 24.2. The van der Waals surface area contributed by atoms with Crippen LogP contribution in [0.5, 0.6) is 0 Å². The Morgan fingerprint density at radius 1 is 0.357 bits per heavy atom. The summed E-state index contributed by atoms with van der Waals surface area (Å²) >= 11 is 0. The lowest BCUT2D eigenvalue weighted by Gasteiger charge is -2.18. The molecule has 5 heterocycles. The molecular formula is C65H49N5. The van der Waals surface area contributed by atoms with Crippen molar-refractivity contribution in [3.05, 3.63) is 259 Å². The Morgan fingerprint density at radius 3 is 1.59 bits per heavy atom. The summed E-state index contributed by atoms with van der Waals surface area (Å²) in [6.45, 7) is 2.23. The van der Waals surface area contributed by atoms with E-state index in [1.807, 2.05) is 49.1 Å². The molecular weight excluding hydrogens is 851 g/mol. The van der Waals surface area contributed by atoms with E-state index in [1.165, 1.54) is 55.6 Å². The predicted octanol–water partition coefficient (Wildman–Crippen LogP) is 15.7. The maximum Gasteiger partial charge on any atom is 0.0823 e. The monoisotopic (exact) mass is 899 g/mol. The van der Waals surface area contributed by atoms with Crippen molar-refractivity contribution in [3.8, 4) is 67.0 Å². The number of fused-ring (bicyclic) bond motifs is 6. The van der Waals surface area contributed by atoms with Crippen molar-refractivity contribution < 1.29 is 0 Å². The highest BCUT2D eigenvalue weighted by molar-refractivity contribution is 6.16. The highest BCUT2D eigenvalue weighted by atomic mass is 15.2. The van der Waals surface area contributed by atoms with E-state index in [0.717, 1.165) is 92.2 Å². The van der Waals surface area contributed by atoms with Gasteiger partial charge in [0.1, 0.15) is 0 Å². The van der Waals surface area contributed by atoms with Crippen molar-refractivity contribution in [2.24, 2.45) is 0 Å². The van der Waals surface area contributed by atoms with Gasteiger partial charge in [-0.2, -0.15) is 5.10 Å². The van der Waals surface area contributed by atoms with Gasteiger partial charge in [-0.3, -0.25) is 15.0 Å². The van der Waals surface area contributed by atoms with Gasteiger partial charge >= 0.3 is 0 Å². The number of benzene rings is 7. The summed E-state index contributed by atoms with van der Waals surface area (Å²) < 4.78 is 2.10. The first-order chi connectivity index (χ1) is 34.6. The Labute approximate surface area is 408 Å². The molecule has 7 aromatic carbocycles. The Kier molecular flexibility index (Phi) is 11.4. The van der Waals surface area contributed by atoms with Crippen LogP contribution in [-0.4, -0.2) is 24.6 Å². The number of aromatic nitrogens is 5. The molecule has 0 amide bonds. The van der Waals surface area contributed by atoms with Crippen molar-refractivity contribution >= 4 is 27.3 Å². The first kappa shape index (κ1) is 42.5. The molecule has 5 aromatic heterocycles. The molecule has 70 heavy (non-hydrogen) atoms. The lowest BCUT2D eigenvalue weighted by Crippen LogP contribution is -1.99. The topological polar surface area (TPSA) is 56.0 Å². The summed E-state index contributed by atoms with van der Waals surface area (Å²) in [5.41, 5.74) is 23.3. The molecule has 0 spiro atoms. The summed E-state index contributed by atoms with van der Waals surface area (Å²) in [4.78, 5) is 14.2. The third-order valence-electron chi connectivity index (χ3n) is 13.8. The van der Waals surface area contributed by atoms with Gasteiger partial charge in [0.2, 0.25) is 0 Å². The lowest BCUT2D eigenvalue weighted by molar-refractivity contribution is 0.931. The number of hydrogen-bond donors (Lipinski definition) is 0. The van der Waals surface area contributed by atoms with Crippen LogP contribution < -0.4 is 0 Å². The highest BCUT2D eigenvalue weighted by Gasteiger charge is 2.19. The normalized spacial score (nSPS) is 11.4. The average molecular weight is 900 g/mol. The van der Waals surface area contributed by atoms with Gasteiger partial charge in [-0.15, -0.1) is 0 Å². The zero-order valence-corrected chi connectivity index (χ0v) is 39.0. The van der Waals surface area contributed by atoms with Gasteiger partial charge in [0.15, 0.2) is 0 Å². The van der Waals surface area contributed by atoms with Gasteiger partial charge in [0.25, 0.3) is 0 Å². The van der Waals surface area contributed by atoms with E-state index in [4.69, 9.17) is 10.1 Å². The van der Waals surface area contributed by atoms with E-state index in [1.54, 1.807) is 0 Å². The molecule has 12 aromatic rings. The van der Waals surface area contributed by atoms with Crippen LogP contribution in [0.25, 0.3) is 94.3 Å². The second-order valence-electron chi connectivity index (χ2n) is 18.2. The Bertz CT molecular complexity index is 3680. The maximum absolute atomic E-state index is 5.06. The fourth-order valence-electron chi connectivity index (χ4n) is 10.2. The van der Waals surface area contributed by atoms with Crippen LogP contribution in [-0.2, 0) is 25.7 Å². The van der Waals surface area contributed by atoms with E-state index >= 15 is 0 Å². The lowest BCUT2D eigenvalue weighted by atomic mass is 9.87. The van der Waals surface area contributed by atoms with Crippen molar-refractivity contribution in [2.45, 2.75) is 32.6 Å². The van der Waals surface area contributed by atoms with E-state index in [9.17, 15) is 0 Å². The smallest absolute Gasteiger partial charge is 0.0823 e. The van der Waals surface area contributed by atoms with Crippen molar-refractivity contribution in [1.29, 1.82) is 0 Å². The molecule has 5 heteroatoms. The minimum atomic E-state index is 0.927. The Balaban J connectivity index is 0.908. The standard InChI is InChI=1S/C65H49N5/c1-44-10-9-13-56(63(44)54-32-33-58-62(43-54)70-61(35-39-69-70)64-57(34-38-68-65(58)64)51-30-28-50(29-31-51)49-11-3-2-4-12-49)55-41-47(18-16-45-20-24-52(25-21-45)59-14-5-7-36-66-59)40-48(42-55)19-17-46-22-26-53(27-23-46)60-15-6-8-37-67-60/h2-15,20-43H,16-19H2,1H3. The van der Waals surface area contributed by atoms with Gasteiger partial charge in [-0.25, -0.2) is 4.52 Å². The Morgan fingerprint density at radius 2 is 0.943 bits per heavy atom. The van der Waals surface area contributed by atoms with Gasteiger partial charge < -0.3 is 0 Å². The molecule has 5 nitrogen and oxygen atoms in total. The molecule has 0 bridgehead atoms. The van der Waals surface area contributed by atoms with Gasteiger partial charge in [0, 0.05) is 40.5 Å².